The Bertz CT molecular complexity index is 199. The molecule has 0 atom stereocenters. The van der Waals surface area contributed by atoms with Gasteiger partial charge in [-0.2, -0.15) is 0 Å². The van der Waals surface area contributed by atoms with Crippen molar-refractivity contribution < 1.29 is 0 Å². The quantitative estimate of drug-likeness (QED) is 0.527. The van der Waals surface area contributed by atoms with Gasteiger partial charge in [-0.3, -0.25) is 0 Å². The lowest BCUT2D eigenvalue weighted by atomic mass is 9.82. The number of nitrogens with one attached hydrogen (secondary N) is 1. The standard InChI is InChI=1S/C15H29N/c1-4-10-16-12-15(11-13(2)3)14-8-6-5-7-9-14/h11,13-14,16H,4-10,12H2,1-3H3. The zero-order chi connectivity index (χ0) is 11.8. The molecule has 0 aromatic heterocycles. The highest BCUT2D eigenvalue weighted by atomic mass is 14.8. The molecule has 0 bridgehead atoms. The fourth-order valence-corrected chi connectivity index (χ4v) is 2.65. The molecule has 0 radical (unpaired) electrons. The van der Waals surface area contributed by atoms with Crippen molar-refractivity contribution >= 4 is 0 Å². The minimum absolute atomic E-state index is 0.695. The molecular weight excluding hydrogens is 194 g/mol. The number of allylic oxidation sites excluding steroid dienone is 1. The summed E-state index contributed by atoms with van der Waals surface area (Å²) in [6.07, 6.45) is 10.9. The van der Waals surface area contributed by atoms with E-state index in [9.17, 15) is 0 Å². The first-order chi connectivity index (χ1) is 7.74. The molecule has 1 fully saturated rings. The summed E-state index contributed by atoms with van der Waals surface area (Å²) < 4.78 is 0. The Morgan fingerprint density at radius 1 is 1.25 bits per heavy atom. The number of rotatable bonds is 6. The average Bonchev–Trinajstić information content (AvgIpc) is 2.29. The molecule has 94 valence electrons. The molecule has 1 rings (SSSR count). The molecule has 1 N–H and O–H groups in total. The molecule has 16 heavy (non-hydrogen) atoms. The first-order valence-electron chi connectivity index (χ1n) is 7.15. The molecule has 0 spiro atoms. The van der Waals surface area contributed by atoms with E-state index >= 15 is 0 Å². The summed E-state index contributed by atoms with van der Waals surface area (Å²) in [7, 11) is 0. The third-order valence-corrected chi connectivity index (χ3v) is 3.43. The summed E-state index contributed by atoms with van der Waals surface area (Å²) in [5.41, 5.74) is 1.68. The van der Waals surface area contributed by atoms with Crippen LogP contribution in [0.2, 0.25) is 0 Å². The lowest BCUT2D eigenvalue weighted by Gasteiger charge is -2.25. The molecule has 0 aliphatic heterocycles. The Morgan fingerprint density at radius 2 is 1.94 bits per heavy atom. The Morgan fingerprint density at radius 3 is 2.50 bits per heavy atom. The van der Waals surface area contributed by atoms with Crippen LogP contribution in [0.15, 0.2) is 11.6 Å². The van der Waals surface area contributed by atoms with E-state index in [-0.39, 0.29) is 0 Å². The Labute approximate surface area is 102 Å². The van der Waals surface area contributed by atoms with Crippen LogP contribution in [0.5, 0.6) is 0 Å². The fourth-order valence-electron chi connectivity index (χ4n) is 2.65. The van der Waals surface area contributed by atoms with Crippen LogP contribution in [0.25, 0.3) is 0 Å². The van der Waals surface area contributed by atoms with Crippen LogP contribution in [0, 0.1) is 11.8 Å². The van der Waals surface area contributed by atoms with Crippen molar-refractivity contribution in [3.8, 4) is 0 Å². The van der Waals surface area contributed by atoms with Gasteiger partial charge in [-0.15, -0.1) is 0 Å². The van der Waals surface area contributed by atoms with Crippen LogP contribution in [-0.4, -0.2) is 13.1 Å². The number of hydrogen-bond acceptors (Lipinski definition) is 1. The van der Waals surface area contributed by atoms with Gasteiger partial charge in [0.1, 0.15) is 0 Å². The maximum Gasteiger partial charge on any atom is 0.0167 e. The molecule has 0 aromatic rings. The van der Waals surface area contributed by atoms with E-state index in [2.05, 4.69) is 32.2 Å². The van der Waals surface area contributed by atoms with Crippen LogP contribution in [0.3, 0.4) is 0 Å². The van der Waals surface area contributed by atoms with E-state index < -0.39 is 0 Å². The predicted octanol–water partition coefficient (Wildman–Crippen LogP) is 4.15. The van der Waals surface area contributed by atoms with Crippen LogP contribution < -0.4 is 5.32 Å². The molecule has 0 saturated heterocycles. The third-order valence-electron chi connectivity index (χ3n) is 3.43. The van der Waals surface area contributed by atoms with Gasteiger partial charge in [0.2, 0.25) is 0 Å². The van der Waals surface area contributed by atoms with E-state index in [1.807, 2.05) is 0 Å². The number of hydrogen-bond donors (Lipinski definition) is 1. The maximum absolute atomic E-state index is 3.57. The average molecular weight is 223 g/mol. The molecule has 0 unspecified atom stereocenters. The highest BCUT2D eigenvalue weighted by molar-refractivity contribution is 5.10. The van der Waals surface area contributed by atoms with Crippen LogP contribution in [-0.2, 0) is 0 Å². The molecule has 0 heterocycles. The van der Waals surface area contributed by atoms with Crippen molar-refractivity contribution in [2.45, 2.75) is 59.3 Å². The summed E-state index contributed by atoms with van der Waals surface area (Å²) >= 11 is 0. The lowest BCUT2D eigenvalue weighted by molar-refractivity contribution is 0.392. The van der Waals surface area contributed by atoms with Gasteiger partial charge >= 0.3 is 0 Å². The van der Waals surface area contributed by atoms with Gasteiger partial charge < -0.3 is 5.32 Å². The molecule has 1 saturated carbocycles. The van der Waals surface area contributed by atoms with Gasteiger partial charge in [0.05, 0.1) is 0 Å². The molecule has 1 nitrogen and oxygen atoms in total. The van der Waals surface area contributed by atoms with Gasteiger partial charge in [0.15, 0.2) is 0 Å². The zero-order valence-electron chi connectivity index (χ0n) is 11.4. The van der Waals surface area contributed by atoms with Crippen molar-refractivity contribution in [2.24, 2.45) is 11.8 Å². The van der Waals surface area contributed by atoms with Crippen molar-refractivity contribution in [2.75, 3.05) is 13.1 Å². The lowest BCUT2D eigenvalue weighted by Crippen LogP contribution is -2.23. The van der Waals surface area contributed by atoms with Gasteiger partial charge in [0.25, 0.3) is 0 Å². The van der Waals surface area contributed by atoms with Crippen molar-refractivity contribution in [1.29, 1.82) is 0 Å². The normalized spacial score (nSPS) is 19.4. The molecule has 0 aromatic carbocycles. The van der Waals surface area contributed by atoms with Gasteiger partial charge in [0, 0.05) is 6.54 Å². The Hall–Kier alpha value is -0.300. The van der Waals surface area contributed by atoms with E-state index in [1.54, 1.807) is 5.57 Å². The molecule has 1 aliphatic carbocycles. The van der Waals surface area contributed by atoms with E-state index in [4.69, 9.17) is 0 Å². The highest BCUT2D eigenvalue weighted by Gasteiger charge is 2.17. The zero-order valence-corrected chi connectivity index (χ0v) is 11.4. The minimum Gasteiger partial charge on any atom is -0.313 e. The summed E-state index contributed by atoms with van der Waals surface area (Å²) in [6, 6.07) is 0. The second kappa shape index (κ2) is 7.89. The van der Waals surface area contributed by atoms with E-state index in [0.29, 0.717) is 5.92 Å². The largest absolute Gasteiger partial charge is 0.313 e. The summed E-state index contributed by atoms with van der Waals surface area (Å²) in [5.74, 6) is 1.57. The van der Waals surface area contributed by atoms with Gasteiger partial charge in [-0.05, 0) is 37.6 Å². The SMILES string of the molecule is CCCNCC(=CC(C)C)C1CCCCC1. The highest BCUT2D eigenvalue weighted by Crippen LogP contribution is 2.30. The van der Waals surface area contributed by atoms with E-state index in [1.165, 1.54) is 38.5 Å². The molecule has 1 heteroatoms. The first kappa shape index (κ1) is 13.8. The first-order valence-corrected chi connectivity index (χ1v) is 7.15. The van der Waals surface area contributed by atoms with Crippen LogP contribution in [0.4, 0.5) is 0 Å². The predicted molar refractivity (Wildman–Crippen MR) is 72.7 cm³/mol. The van der Waals surface area contributed by atoms with Crippen molar-refractivity contribution in [1.82, 2.24) is 5.32 Å². The molecule has 0 amide bonds. The third kappa shape index (κ3) is 5.16. The summed E-state index contributed by atoms with van der Waals surface area (Å²) in [6.45, 7) is 9.10. The van der Waals surface area contributed by atoms with E-state index in [0.717, 1.165) is 19.0 Å². The summed E-state index contributed by atoms with van der Waals surface area (Å²) in [4.78, 5) is 0. The smallest absolute Gasteiger partial charge is 0.0167 e. The Kier molecular flexibility index (Phi) is 6.79. The molecular formula is C15H29N. The maximum atomic E-state index is 3.57. The second-order valence-corrected chi connectivity index (χ2v) is 5.50. The van der Waals surface area contributed by atoms with Crippen LogP contribution in [0.1, 0.15) is 59.3 Å². The fraction of sp³-hybridized carbons (Fsp3) is 0.867. The van der Waals surface area contributed by atoms with Gasteiger partial charge in [-0.1, -0.05) is 51.7 Å². The van der Waals surface area contributed by atoms with Crippen molar-refractivity contribution in [3.63, 3.8) is 0 Å². The monoisotopic (exact) mass is 223 g/mol. The second-order valence-electron chi connectivity index (χ2n) is 5.50. The van der Waals surface area contributed by atoms with Gasteiger partial charge in [-0.25, -0.2) is 0 Å². The summed E-state index contributed by atoms with van der Waals surface area (Å²) in [5, 5.41) is 3.57. The van der Waals surface area contributed by atoms with Crippen LogP contribution >= 0.6 is 0 Å². The Balaban J connectivity index is 2.48. The topological polar surface area (TPSA) is 12.0 Å². The molecule has 1 aliphatic rings. The minimum atomic E-state index is 0.695. The van der Waals surface area contributed by atoms with Crippen molar-refractivity contribution in [3.05, 3.63) is 11.6 Å².